The zero-order valence-electron chi connectivity index (χ0n) is 10.7. The molecule has 0 aromatic carbocycles. The van der Waals surface area contributed by atoms with Gasteiger partial charge in [-0.25, -0.2) is 0 Å². The van der Waals surface area contributed by atoms with Gasteiger partial charge in [0.2, 0.25) is 0 Å². The average molecular weight is 290 g/mol. The van der Waals surface area contributed by atoms with Crippen molar-refractivity contribution in [3.05, 3.63) is 71.9 Å². The molecule has 1 heterocycles. The van der Waals surface area contributed by atoms with Crippen molar-refractivity contribution in [3.8, 4) is 0 Å². The Balaban J connectivity index is 2.36. The van der Waals surface area contributed by atoms with Crippen LogP contribution in [0.15, 0.2) is 77.0 Å². The summed E-state index contributed by atoms with van der Waals surface area (Å²) < 4.78 is 28.7. The van der Waals surface area contributed by atoms with E-state index in [1.165, 1.54) is 6.08 Å². The SMILES string of the molecule is C=C/C=C(\C=C)N/N=C1\OS(=O)(=O)C2=CCC=CC=C21. The van der Waals surface area contributed by atoms with Crippen molar-refractivity contribution in [2.45, 2.75) is 6.42 Å². The summed E-state index contributed by atoms with van der Waals surface area (Å²) in [6.07, 6.45) is 12.2. The van der Waals surface area contributed by atoms with E-state index < -0.39 is 10.1 Å². The lowest BCUT2D eigenvalue weighted by Gasteiger charge is -2.01. The monoisotopic (exact) mass is 290 g/mol. The van der Waals surface area contributed by atoms with E-state index in [9.17, 15) is 8.42 Å². The first kappa shape index (κ1) is 14.1. The summed E-state index contributed by atoms with van der Waals surface area (Å²) >= 11 is 0. The zero-order chi connectivity index (χ0) is 14.6. The van der Waals surface area contributed by atoms with Crippen LogP contribution < -0.4 is 5.43 Å². The molecule has 1 saturated heterocycles. The fourth-order valence-corrected chi connectivity index (χ4v) is 2.84. The second-order valence-electron chi connectivity index (χ2n) is 3.94. The van der Waals surface area contributed by atoms with Crippen LogP contribution in [0.2, 0.25) is 0 Å². The summed E-state index contributed by atoms with van der Waals surface area (Å²) in [5, 5.41) is 3.97. The highest BCUT2D eigenvalue weighted by Gasteiger charge is 2.37. The Morgan fingerprint density at radius 1 is 1.45 bits per heavy atom. The first-order valence-electron chi connectivity index (χ1n) is 5.89. The molecule has 0 spiro atoms. The van der Waals surface area contributed by atoms with Crippen LogP contribution in [0.5, 0.6) is 0 Å². The lowest BCUT2D eigenvalue weighted by Crippen LogP contribution is -2.09. The minimum atomic E-state index is -3.77. The van der Waals surface area contributed by atoms with E-state index in [0.717, 1.165) is 0 Å². The van der Waals surface area contributed by atoms with Gasteiger partial charge in [0.25, 0.3) is 5.90 Å². The van der Waals surface area contributed by atoms with Crippen molar-refractivity contribution in [1.29, 1.82) is 0 Å². The van der Waals surface area contributed by atoms with E-state index in [-0.39, 0.29) is 10.8 Å². The molecule has 5 nitrogen and oxygen atoms in total. The summed E-state index contributed by atoms with van der Waals surface area (Å²) in [5.74, 6) is 0.0135. The topological polar surface area (TPSA) is 67.8 Å². The third kappa shape index (κ3) is 2.80. The fourth-order valence-electron chi connectivity index (χ4n) is 1.69. The molecule has 0 radical (unpaired) electrons. The van der Waals surface area contributed by atoms with E-state index in [4.69, 9.17) is 4.18 Å². The van der Waals surface area contributed by atoms with Crippen LogP contribution in [-0.4, -0.2) is 14.3 Å². The van der Waals surface area contributed by atoms with Gasteiger partial charge < -0.3 is 4.18 Å². The number of rotatable bonds is 4. The van der Waals surface area contributed by atoms with E-state index in [1.807, 2.05) is 6.08 Å². The molecule has 1 N–H and O–H groups in total. The van der Waals surface area contributed by atoms with Crippen molar-refractivity contribution in [3.63, 3.8) is 0 Å². The van der Waals surface area contributed by atoms with E-state index in [1.54, 1.807) is 30.4 Å². The number of fused-ring (bicyclic) bond motifs is 1. The highest BCUT2D eigenvalue weighted by atomic mass is 32.2. The molecular weight excluding hydrogens is 276 g/mol. The zero-order valence-corrected chi connectivity index (χ0v) is 11.6. The molecule has 0 aromatic rings. The van der Waals surface area contributed by atoms with Crippen molar-refractivity contribution >= 4 is 16.0 Å². The summed E-state index contributed by atoms with van der Waals surface area (Å²) in [5.41, 5.74) is 3.70. The van der Waals surface area contributed by atoms with Gasteiger partial charge in [-0.15, -0.1) is 5.10 Å². The number of nitrogens with zero attached hydrogens (tertiary/aromatic N) is 1. The number of nitrogens with one attached hydrogen (secondary N) is 1. The second-order valence-corrected chi connectivity index (χ2v) is 5.46. The van der Waals surface area contributed by atoms with Crippen LogP contribution in [0.3, 0.4) is 0 Å². The molecule has 1 fully saturated rings. The first-order chi connectivity index (χ1) is 9.58. The smallest absolute Gasteiger partial charge is 0.341 e. The minimum Gasteiger partial charge on any atom is -0.356 e. The molecule has 0 unspecified atom stereocenters. The first-order valence-corrected chi connectivity index (χ1v) is 7.30. The predicted molar refractivity (Wildman–Crippen MR) is 79.0 cm³/mol. The van der Waals surface area contributed by atoms with Crippen molar-refractivity contribution < 1.29 is 12.6 Å². The standard InChI is InChI=1S/C14H14N2O3S/c1-3-8-11(4-2)15-16-14-12-9-6-5-7-10-13(12)20(17,18)19-14/h3-6,8-10,15H,1-2,7H2/b11-8+,16-14-. The Morgan fingerprint density at radius 2 is 2.25 bits per heavy atom. The van der Waals surface area contributed by atoms with Crippen LogP contribution >= 0.6 is 0 Å². The van der Waals surface area contributed by atoms with Crippen LogP contribution in [-0.2, 0) is 14.3 Å². The van der Waals surface area contributed by atoms with Gasteiger partial charge in [0.05, 0.1) is 11.3 Å². The van der Waals surface area contributed by atoms with Gasteiger partial charge in [-0.1, -0.05) is 37.5 Å². The fraction of sp³-hybridized carbons (Fsp3) is 0.0714. The summed E-state index contributed by atoms with van der Waals surface area (Å²) in [4.78, 5) is 0.149. The highest BCUT2D eigenvalue weighted by molar-refractivity contribution is 7.92. The molecule has 0 amide bonds. The molecule has 6 heteroatoms. The molecule has 2 rings (SSSR count). The lowest BCUT2D eigenvalue weighted by molar-refractivity contribution is 0.497. The molecule has 20 heavy (non-hydrogen) atoms. The second kappa shape index (κ2) is 5.75. The van der Waals surface area contributed by atoms with Gasteiger partial charge in [0, 0.05) is 0 Å². The number of hydrazone groups is 1. The Bertz CT molecular complexity index is 692. The van der Waals surface area contributed by atoms with Gasteiger partial charge in [-0.3, -0.25) is 5.43 Å². The van der Waals surface area contributed by atoms with Crippen molar-refractivity contribution in [2.75, 3.05) is 0 Å². The normalized spacial score (nSPS) is 22.2. The summed E-state index contributed by atoms with van der Waals surface area (Å²) in [6, 6.07) is 0. The minimum absolute atomic E-state index is 0.0135. The lowest BCUT2D eigenvalue weighted by atomic mass is 10.2. The maximum Gasteiger partial charge on any atom is 0.341 e. The Kier molecular flexibility index (Phi) is 4.05. The molecule has 0 saturated carbocycles. The van der Waals surface area contributed by atoms with Crippen LogP contribution in [0.1, 0.15) is 6.42 Å². The average Bonchev–Trinajstić information content (AvgIpc) is 2.62. The maximum absolute atomic E-state index is 11.9. The van der Waals surface area contributed by atoms with E-state index in [2.05, 4.69) is 23.7 Å². The van der Waals surface area contributed by atoms with Gasteiger partial charge in [0.15, 0.2) is 0 Å². The quantitative estimate of drug-likeness (QED) is 0.490. The van der Waals surface area contributed by atoms with E-state index >= 15 is 0 Å². The number of allylic oxidation sites excluding steroid dienone is 7. The van der Waals surface area contributed by atoms with Gasteiger partial charge in [-0.05, 0) is 24.6 Å². The Morgan fingerprint density at radius 3 is 2.95 bits per heavy atom. The molecule has 0 aromatic heterocycles. The van der Waals surface area contributed by atoms with Crippen LogP contribution in [0, 0.1) is 0 Å². The van der Waals surface area contributed by atoms with Crippen molar-refractivity contribution in [2.24, 2.45) is 5.10 Å². The molecule has 1 aliphatic carbocycles. The number of hydrogen-bond donors (Lipinski definition) is 1. The molecule has 104 valence electrons. The third-order valence-electron chi connectivity index (χ3n) is 2.60. The van der Waals surface area contributed by atoms with Crippen LogP contribution in [0.4, 0.5) is 0 Å². The largest absolute Gasteiger partial charge is 0.356 e. The Labute approximate surface area is 118 Å². The summed E-state index contributed by atoms with van der Waals surface area (Å²) in [6.45, 7) is 7.17. The molecule has 2 aliphatic rings. The maximum atomic E-state index is 11.9. The van der Waals surface area contributed by atoms with E-state index in [0.29, 0.717) is 17.7 Å². The molecule has 0 atom stereocenters. The van der Waals surface area contributed by atoms with Gasteiger partial charge in [-0.2, -0.15) is 8.42 Å². The number of hydrogen-bond acceptors (Lipinski definition) is 5. The third-order valence-corrected chi connectivity index (χ3v) is 3.90. The molecule has 0 bridgehead atoms. The molecule has 1 aliphatic heterocycles. The summed E-state index contributed by atoms with van der Waals surface area (Å²) in [7, 11) is -3.77. The Hall–Kier alpha value is -2.34. The van der Waals surface area contributed by atoms with Gasteiger partial charge in [0.1, 0.15) is 4.91 Å². The van der Waals surface area contributed by atoms with Crippen LogP contribution in [0.25, 0.3) is 0 Å². The highest BCUT2D eigenvalue weighted by Crippen LogP contribution is 2.31. The molecular formula is C14H14N2O3S. The van der Waals surface area contributed by atoms with Gasteiger partial charge >= 0.3 is 10.1 Å². The van der Waals surface area contributed by atoms with Crippen molar-refractivity contribution in [1.82, 2.24) is 5.43 Å². The predicted octanol–water partition coefficient (Wildman–Crippen LogP) is 2.28.